The van der Waals surface area contributed by atoms with Crippen molar-refractivity contribution in [2.75, 3.05) is 32.7 Å². The van der Waals surface area contributed by atoms with Crippen LogP contribution in [0.15, 0.2) is 61.1 Å². The molecule has 1 fully saturated rings. The van der Waals surface area contributed by atoms with Crippen LogP contribution in [0, 0.1) is 0 Å². The van der Waals surface area contributed by atoms with Gasteiger partial charge in [0.25, 0.3) is 0 Å². The number of nitrogens with one attached hydrogen (secondary N) is 1. The minimum atomic E-state index is -0.297. The number of hydrogen-bond donors (Lipinski definition) is 2. The molecule has 0 spiro atoms. The lowest BCUT2D eigenvalue weighted by Crippen LogP contribution is -2.49. The van der Waals surface area contributed by atoms with Crippen molar-refractivity contribution in [3.05, 3.63) is 78.1 Å². The third kappa shape index (κ3) is 5.86. The highest BCUT2D eigenvalue weighted by Gasteiger charge is 2.22. The molecular weight excluding hydrogens is 410 g/mol. The first-order valence-corrected chi connectivity index (χ1v) is 11.1. The van der Waals surface area contributed by atoms with Crippen molar-refractivity contribution in [1.29, 1.82) is 0 Å². The van der Waals surface area contributed by atoms with Gasteiger partial charge in [0.2, 0.25) is 0 Å². The van der Waals surface area contributed by atoms with E-state index in [0.717, 1.165) is 49.6 Å². The lowest BCUT2D eigenvalue weighted by molar-refractivity contribution is 0.110. The fourth-order valence-electron chi connectivity index (χ4n) is 3.65. The summed E-state index contributed by atoms with van der Waals surface area (Å²) >= 11 is 4.60. The minimum Gasteiger partial charge on any atom is -0.410 e. The van der Waals surface area contributed by atoms with Crippen LogP contribution in [0.3, 0.4) is 0 Å². The molecule has 1 saturated heterocycles. The van der Waals surface area contributed by atoms with Crippen LogP contribution >= 0.6 is 12.6 Å². The summed E-state index contributed by atoms with van der Waals surface area (Å²) in [6, 6.07) is 13.4. The second kappa shape index (κ2) is 10.5. The number of rotatable bonds is 7. The largest absolute Gasteiger partial charge is 0.415 e. The smallest absolute Gasteiger partial charge is 0.410 e. The number of aromatic nitrogens is 3. The summed E-state index contributed by atoms with van der Waals surface area (Å²) < 4.78 is 5.57. The van der Waals surface area contributed by atoms with E-state index in [0.29, 0.717) is 18.8 Å². The first-order valence-electron chi connectivity index (χ1n) is 10.6. The highest BCUT2D eigenvalue weighted by Crippen LogP contribution is 2.27. The number of imidazole rings is 1. The van der Waals surface area contributed by atoms with Crippen LogP contribution in [0.1, 0.15) is 28.8 Å². The molecule has 1 aliphatic heterocycles. The lowest BCUT2D eigenvalue weighted by atomic mass is 10.1. The van der Waals surface area contributed by atoms with Gasteiger partial charge in [0.1, 0.15) is 11.6 Å². The van der Waals surface area contributed by atoms with Crippen molar-refractivity contribution in [2.45, 2.75) is 18.1 Å². The molecule has 3 aromatic rings. The monoisotopic (exact) mass is 437 g/mol. The molecule has 0 saturated carbocycles. The molecule has 1 aromatic carbocycles. The topological polar surface area (TPSA) is 74.3 Å². The highest BCUT2D eigenvalue weighted by atomic mass is 32.1. The predicted octanol–water partition coefficient (Wildman–Crippen LogP) is 3.57. The van der Waals surface area contributed by atoms with Gasteiger partial charge in [-0.3, -0.25) is 9.88 Å². The van der Waals surface area contributed by atoms with E-state index in [1.54, 1.807) is 29.4 Å². The van der Waals surface area contributed by atoms with E-state index in [1.807, 2.05) is 30.5 Å². The zero-order chi connectivity index (χ0) is 21.5. The Labute approximate surface area is 187 Å². The van der Waals surface area contributed by atoms with E-state index in [2.05, 4.69) is 38.5 Å². The van der Waals surface area contributed by atoms with Gasteiger partial charge in [-0.1, -0.05) is 18.2 Å². The summed E-state index contributed by atoms with van der Waals surface area (Å²) in [5.74, 6) is 1.32. The average molecular weight is 438 g/mol. The Morgan fingerprint density at radius 1 is 1.06 bits per heavy atom. The van der Waals surface area contributed by atoms with Gasteiger partial charge < -0.3 is 14.6 Å². The molecule has 1 unspecified atom stereocenters. The Kier molecular flexibility index (Phi) is 7.22. The molecule has 162 valence electrons. The average Bonchev–Trinajstić information content (AvgIpc) is 3.35. The van der Waals surface area contributed by atoms with E-state index in [4.69, 9.17) is 4.74 Å². The fraction of sp³-hybridized carbons (Fsp3) is 0.348. The van der Waals surface area contributed by atoms with E-state index in [1.165, 1.54) is 0 Å². The molecule has 1 atom stereocenters. The van der Waals surface area contributed by atoms with Gasteiger partial charge >= 0.3 is 6.09 Å². The first-order chi connectivity index (χ1) is 15.2. The number of carbonyl (C=O) groups is 1. The number of aryl methyl sites for hydroxylation is 1. The van der Waals surface area contributed by atoms with Crippen molar-refractivity contribution in [2.24, 2.45) is 0 Å². The molecule has 0 bridgehead atoms. The molecule has 2 aromatic heterocycles. The number of aromatic amines is 1. The standard InChI is InChI=1S/C23H27N5O2S/c29-23(30-20-8-6-18(7-9-20)21(31)22-25-11-12-26-22)28-16-14-27(15-17-28)13-3-5-19-4-1-2-10-24-19/h1-2,4,6-12,21,31H,3,5,13-17H2,(H,25,26). The molecule has 3 heterocycles. The van der Waals surface area contributed by atoms with Crippen LogP contribution in [0.25, 0.3) is 0 Å². The molecule has 8 heteroatoms. The second-order valence-corrected chi connectivity index (χ2v) is 8.08. The van der Waals surface area contributed by atoms with Gasteiger partial charge in [-0.15, -0.1) is 0 Å². The Bertz CT molecular complexity index is 942. The number of benzene rings is 1. The normalized spacial score (nSPS) is 15.6. The number of ether oxygens (including phenoxy) is 1. The fourth-order valence-corrected chi connectivity index (χ4v) is 3.97. The maximum absolute atomic E-state index is 12.5. The van der Waals surface area contributed by atoms with Crippen molar-refractivity contribution >= 4 is 18.7 Å². The maximum Gasteiger partial charge on any atom is 0.415 e. The lowest BCUT2D eigenvalue weighted by Gasteiger charge is -2.34. The van der Waals surface area contributed by atoms with Gasteiger partial charge in [0.15, 0.2) is 0 Å². The maximum atomic E-state index is 12.5. The van der Waals surface area contributed by atoms with Crippen molar-refractivity contribution in [3.63, 3.8) is 0 Å². The van der Waals surface area contributed by atoms with Gasteiger partial charge in [-0.05, 0) is 49.2 Å². The van der Waals surface area contributed by atoms with Crippen LogP contribution < -0.4 is 4.74 Å². The summed E-state index contributed by atoms with van der Waals surface area (Å²) in [6.45, 7) is 4.10. The zero-order valence-corrected chi connectivity index (χ0v) is 18.2. The van der Waals surface area contributed by atoms with E-state index < -0.39 is 0 Å². The number of hydrogen-bond acceptors (Lipinski definition) is 6. The summed E-state index contributed by atoms with van der Waals surface area (Å²) in [5, 5.41) is -0.148. The Hall–Kier alpha value is -2.84. The Balaban J connectivity index is 1.20. The highest BCUT2D eigenvalue weighted by molar-refractivity contribution is 7.80. The number of thiol groups is 1. The van der Waals surface area contributed by atoms with E-state index in [9.17, 15) is 4.79 Å². The van der Waals surface area contributed by atoms with Crippen LogP contribution in [0.4, 0.5) is 4.79 Å². The first kappa shape index (κ1) is 21.4. The summed E-state index contributed by atoms with van der Waals surface area (Å²) in [5.41, 5.74) is 2.11. The molecule has 1 amide bonds. The molecule has 4 rings (SSSR count). The Morgan fingerprint density at radius 3 is 2.55 bits per heavy atom. The van der Waals surface area contributed by atoms with Crippen LogP contribution in [-0.4, -0.2) is 63.6 Å². The van der Waals surface area contributed by atoms with Gasteiger partial charge in [-0.25, -0.2) is 9.78 Å². The van der Waals surface area contributed by atoms with Gasteiger partial charge in [0.05, 0.1) is 5.25 Å². The molecule has 0 radical (unpaired) electrons. The van der Waals surface area contributed by atoms with Gasteiger partial charge in [0, 0.05) is 50.5 Å². The molecule has 1 N–H and O–H groups in total. The van der Waals surface area contributed by atoms with Gasteiger partial charge in [-0.2, -0.15) is 12.6 Å². The molecular formula is C23H27N5O2S. The summed E-state index contributed by atoms with van der Waals surface area (Å²) in [7, 11) is 0. The number of piperazine rings is 1. The number of amides is 1. The minimum absolute atomic E-state index is 0.148. The number of H-pyrrole nitrogens is 1. The quantitative estimate of drug-likeness (QED) is 0.553. The van der Waals surface area contributed by atoms with Crippen LogP contribution in [-0.2, 0) is 6.42 Å². The summed E-state index contributed by atoms with van der Waals surface area (Å²) in [6.07, 6.45) is 7.06. The molecule has 1 aliphatic rings. The second-order valence-electron chi connectivity index (χ2n) is 7.57. The third-order valence-electron chi connectivity index (χ3n) is 5.44. The third-order valence-corrected chi connectivity index (χ3v) is 5.99. The molecule has 7 nitrogen and oxygen atoms in total. The Morgan fingerprint density at radius 2 is 1.87 bits per heavy atom. The van der Waals surface area contributed by atoms with Crippen molar-refractivity contribution in [1.82, 2.24) is 24.8 Å². The van der Waals surface area contributed by atoms with Crippen molar-refractivity contribution in [3.8, 4) is 5.75 Å². The number of carbonyl (C=O) groups excluding carboxylic acids is 1. The van der Waals surface area contributed by atoms with Crippen LogP contribution in [0.2, 0.25) is 0 Å². The van der Waals surface area contributed by atoms with E-state index in [-0.39, 0.29) is 11.3 Å². The van der Waals surface area contributed by atoms with Crippen LogP contribution in [0.5, 0.6) is 5.75 Å². The number of nitrogens with zero attached hydrogens (tertiary/aromatic N) is 4. The molecule has 31 heavy (non-hydrogen) atoms. The number of pyridine rings is 1. The molecule has 0 aliphatic carbocycles. The predicted molar refractivity (Wildman–Crippen MR) is 122 cm³/mol. The van der Waals surface area contributed by atoms with Crippen molar-refractivity contribution < 1.29 is 9.53 Å². The zero-order valence-electron chi connectivity index (χ0n) is 17.4. The SMILES string of the molecule is O=C(Oc1ccc(C(S)c2ncc[nH]2)cc1)N1CCN(CCCc2ccccn2)CC1. The van der Waals surface area contributed by atoms with E-state index >= 15 is 0 Å². The summed E-state index contributed by atoms with van der Waals surface area (Å²) in [4.78, 5) is 28.4.